The van der Waals surface area contributed by atoms with E-state index < -0.39 is 0 Å². The third kappa shape index (κ3) is 3.46. The number of likely N-dealkylation sites (tertiary alicyclic amines) is 1. The number of ether oxygens (including phenoxy) is 2. The third-order valence-corrected chi connectivity index (χ3v) is 4.83. The molecule has 1 aromatic heterocycles. The Bertz CT molecular complexity index is 548. The molecule has 2 fully saturated rings. The Morgan fingerprint density at radius 2 is 2.35 bits per heavy atom. The van der Waals surface area contributed by atoms with Crippen LogP contribution in [-0.2, 0) is 9.47 Å². The van der Waals surface area contributed by atoms with Gasteiger partial charge in [-0.1, -0.05) is 6.08 Å². The van der Waals surface area contributed by atoms with Gasteiger partial charge >= 0.3 is 0 Å². The van der Waals surface area contributed by atoms with Gasteiger partial charge in [0.2, 0.25) is 0 Å². The molecule has 0 bridgehead atoms. The second-order valence-corrected chi connectivity index (χ2v) is 6.38. The Labute approximate surface area is 137 Å². The summed E-state index contributed by atoms with van der Waals surface area (Å²) in [5, 5.41) is 0. The predicted octanol–water partition coefficient (Wildman–Crippen LogP) is 2.30. The Morgan fingerprint density at radius 1 is 1.52 bits per heavy atom. The minimum absolute atomic E-state index is 0.0690. The van der Waals surface area contributed by atoms with Crippen LogP contribution in [0.3, 0.4) is 0 Å². The second-order valence-electron chi connectivity index (χ2n) is 6.38. The zero-order valence-electron chi connectivity index (χ0n) is 13.4. The number of carbonyl (C=O) groups is 1. The molecule has 5 nitrogen and oxygen atoms in total. The van der Waals surface area contributed by atoms with Crippen molar-refractivity contribution in [2.45, 2.75) is 25.4 Å². The number of amides is 1. The van der Waals surface area contributed by atoms with Gasteiger partial charge in [-0.25, -0.2) is 0 Å². The molecule has 2 aliphatic rings. The number of aromatic nitrogens is 1. The zero-order chi connectivity index (χ0) is 16.1. The molecule has 1 aromatic rings. The van der Waals surface area contributed by atoms with Crippen LogP contribution in [0.1, 0.15) is 29.6 Å². The average molecular weight is 316 g/mol. The first kappa shape index (κ1) is 16.1. The molecule has 23 heavy (non-hydrogen) atoms. The van der Waals surface area contributed by atoms with Gasteiger partial charge in [-0.05, 0) is 31.4 Å². The van der Waals surface area contributed by atoms with Gasteiger partial charge in [-0.3, -0.25) is 9.78 Å². The van der Waals surface area contributed by atoms with E-state index in [1.54, 1.807) is 30.6 Å². The summed E-state index contributed by atoms with van der Waals surface area (Å²) >= 11 is 0. The Hall–Kier alpha value is -1.72. The first-order valence-electron chi connectivity index (χ1n) is 8.25. The lowest BCUT2D eigenvalue weighted by molar-refractivity contribution is -0.144. The number of nitrogens with zero attached hydrogens (tertiary/aromatic N) is 2. The van der Waals surface area contributed by atoms with Crippen LogP contribution >= 0.6 is 0 Å². The molecule has 0 aliphatic carbocycles. The van der Waals surface area contributed by atoms with E-state index >= 15 is 0 Å². The maximum Gasteiger partial charge on any atom is 0.253 e. The van der Waals surface area contributed by atoms with Gasteiger partial charge in [0.05, 0.1) is 19.3 Å². The van der Waals surface area contributed by atoms with E-state index in [0.717, 1.165) is 32.4 Å². The van der Waals surface area contributed by atoms with Gasteiger partial charge in [-0.2, -0.15) is 0 Å². The summed E-state index contributed by atoms with van der Waals surface area (Å²) in [5.74, 6) is 0.0690. The minimum Gasteiger partial charge on any atom is -0.377 e. The predicted molar refractivity (Wildman–Crippen MR) is 87.2 cm³/mol. The average Bonchev–Trinajstić information content (AvgIpc) is 2.61. The molecule has 0 unspecified atom stereocenters. The molecule has 0 aromatic carbocycles. The molecule has 1 amide bonds. The van der Waals surface area contributed by atoms with Crippen LogP contribution in [0.5, 0.6) is 0 Å². The lowest BCUT2D eigenvalue weighted by Crippen LogP contribution is -2.58. The fraction of sp³-hybridized carbons (Fsp3) is 0.556. The van der Waals surface area contributed by atoms with Crippen molar-refractivity contribution >= 4 is 5.91 Å². The summed E-state index contributed by atoms with van der Waals surface area (Å²) in [7, 11) is 0. The van der Waals surface area contributed by atoms with Crippen LogP contribution in [0.4, 0.5) is 0 Å². The van der Waals surface area contributed by atoms with Crippen LogP contribution in [0, 0.1) is 5.41 Å². The molecule has 2 aliphatic heterocycles. The van der Waals surface area contributed by atoms with E-state index in [4.69, 9.17) is 9.47 Å². The minimum atomic E-state index is -0.0950. The van der Waals surface area contributed by atoms with Crippen LogP contribution in [0.25, 0.3) is 0 Å². The SMILES string of the molecule is C=CCOC[C@]12CCCO[C@H]1CCN(C(=O)c1ccncc1)C2. The molecule has 5 heteroatoms. The molecule has 0 saturated carbocycles. The normalized spacial score (nSPS) is 27.3. The Morgan fingerprint density at radius 3 is 3.13 bits per heavy atom. The quantitative estimate of drug-likeness (QED) is 0.618. The van der Waals surface area contributed by atoms with E-state index in [0.29, 0.717) is 25.3 Å². The molecule has 3 rings (SSSR count). The highest BCUT2D eigenvalue weighted by Crippen LogP contribution is 2.40. The smallest absolute Gasteiger partial charge is 0.253 e. The number of pyridine rings is 1. The van der Waals surface area contributed by atoms with Crippen LogP contribution in [-0.4, -0.2) is 54.8 Å². The summed E-state index contributed by atoms with van der Waals surface area (Å²) in [6.07, 6.45) is 8.19. The fourth-order valence-corrected chi connectivity index (χ4v) is 3.70. The van der Waals surface area contributed by atoms with Gasteiger partial charge in [0.25, 0.3) is 5.91 Å². The van der Waals surface area contributed by atoms with Crippen molar-refractivity contribution in [3.63, 3.8) is 0 Å². The maximum absolute atomic E-state index is 12.7. The largest absolute Gasteiger partial charge is 0.377 e. The number of carbonyl (C=O) groups excluding carboxylic acids is 1. The molecule has 3 heterocycles. The van der Waals surface area contributed by atoms with E-state index in [1.807, 2.05) is 4.90 Å². The van der Waals surface area contributed by atoms with Gasteiger partial charge in [0.1, 0.15) is 0 Å². The van der Waals surface area contributed by atoms with Crippen molar-refractivity contribution in [2.75, 3.05) is 32.9 Å². The molecular weight excluding hydrogens is 292 g/mol. The highest BCUT2D eigenvalue weighted by molar-refractivity contribution is 5.94. The zero-order valence-corrected chi connectivity index (χ0v) is 13.4. The topological polar surface area (TPSA) is 51.7 Å². The first-order chi connectivity index (χ1) is 11.2. The number of hydrogen-bond acceptors (Lipinski definition) is 4. The summed E-state index contributed by atoms with van der Waals surface area (Å²) in [6, 6.07) is 3.54. The monoisotopic (exact) mass is 316 g/mol. The van der Waals surface area contributed by atoms with E-state index in [9.17, 15) is 4.79 Å². The van der Waals surface area contributed by atoms with Crippen molar-refractivity contribution < 1.29 is 14.3 Å². The van der Waals surface area contributed by atoms with Crippen molar-refractivity contribution in [3.05, 3.63) is 42.7 Å². The number of hydrogen-bond donors (Lipinski definition) is 0. The van der Waals surface area contributed by atoms with Gasteiger partial charge in [0.15, 0.2) is 0 Å². The molecule has 0 N–H and O–H groups in total. The highest BCUT2D eigenvalue weighted by Gasteiger charge is 2.47. The standard InChI is InChI=1S/C18H24N2O3/c1-2-11-22-14-18-7-3-12-23-16(18)6-10-20(13-18)17(21)15-4-8-19-9-5-15/h2,4-5,8-9,16H,1,3,6-7,10-14H2/t16-,18+/m0/s1. The first-order valence-corrected chi connectivity index (χ1v) is 8.25. The van der Waals surface area contributed by atoms with E-state index in [1.165, 1.54) is 0 Å². The van der Waals surface area contributed by atoms with Crippen LogP contribution < -0.4 is 0 Å². The molecule has 0 radical (unpaired) electrons. The summed E-state index contributed by atoms with van der Waals surface area (Å²) in [4.78, 5) is 18.7. The Balaban J connectivity index is 1.75. The number of piperidine rings is 1. The maximum atomic E-state index is 12.7. The number of rotatable bonds is 5. The summed E-state index contributed by atoms with van der Waals surface area (Å²) in [5.41, 5.74) is 0.597. The van der Waals surface area contributed by atoms with E-state index in [2.05, 4.69) is 11.6 Å². The molecule has 0 spiro atoms. The van der Waals surface area contributed by atoms with E-state index in [-0.39, 0.29) is 17.4 Å². The highest BCUT2D eigenvalue weighted by atomic mass is 16.5. The molecule has 2 saturated heterocycles. The summed E-state index contributed by atoms with van der Waals surface area (Å²) < 4.78 is 11.8. The second kappa shape index (κ2) is 7.23. The van der Waals surface area contributed by atoms with Crippen LogP contribution in [0.2, 0.25) is 0 Å². The van der Waals surface area contributed by atoms with Gasteiger partial charge in [0, 0.05) is 43.1 Å². The molecular formula is C18H24N2O3. The van der Waals surface area contributed by atoms with Gasteiger partial charge < -0.3 is 14.4 Å². The van der Waals surface area contributed by atoms with Gasteiger partial charge in [-0.15, -0.1) is 6.58 Å². The molecule has 124 valence electrons. The van der Waals surface area contributed by atoms with Crippen molar-refractivity contribution in [1.82, 2.24) is 9.88 Å². The molecule has 2 atom stereocenters. The summed E-state index contributed by atoms with van der Waals surface area (Å²) in [6.45, 7) is 7.08. The number of fused-ring (bicyclic) bond motifs is 1. The van der Waals surface area contributed by atoms with Crippen molar-refractivity contribution in [3.8, 4) is 0 Å². The fourth-order valence-electron chi connectivity index (χ4n) is 3.70. The third-order valence-electron chi connectivity index (χ3n) is 4.83. The lowest BCUT2D eigenvalue weighted by atomic mass is 9.73. The van der Waals surface area contributed by atoms with Crippen LogP contribution in [0.15, 0.2) is 37.2 Å². The van der Waals surface area contributed by atoms with Crippen molar-refractivity contribution in [2.24, 2.45) is 5.41 Å². The Kier molecular flexibility index (Phi) is 5.08. The lowest BCUT2D eigenvalue weighted by Gasteiger charge is -2.50. The van der Waals surface area contributed by atoms with Crippen molar-refractivity contribution in [1.29, 1.82) is 0 Å².